The van der Waals surface area contributed by atoms with Gasteiger partial charge >= 0.3 is 11.9 Å². The number of benzene rings is 5. The Hall–Kier alpha value is -4.84. The van der Waals surface area contributed by atoms with Crippen molar-refractivity contribution in [2.45, 2.75) is 0 Å². The summed E-state index contributed by atoms with van der Waals surface area (Å²) >= 11 is 0. The van der Waals surface area contributed by atoms with Crippen LogP contribution in [-0.2, 0) is 0 Å². The third-order valence-electron chi connectivity index (χ3n) is 6.07. The maximum Gasteiger partial charge on any atom is 0.337 e. The molecule has 0 saturated heterocycles. The summed E-state index contributed by atoms with van der Waals surface area (Å²) in [4.78, 5) is 22.9. The van der Waals surface area contributed by atoms with Gasteiger partial charge in [-0.1, -0.05) is 60.7 Å². The van der Waals surface area contributed by atoms with Crippen LogP contribution in [0.3, 0.4) is 0 Å². The molecule has 0 aliphatic rings. The zero-order valence-electron chi connectivity index (χ0n) is 17.9. The van der Waals surface area contributed by atoms with Crippen molar-refractivity contribution in [3.05, 3.63) is 96.1 Å². The molecule has 0 saturated carbocycles. The summed E-state index contributed by atoms with van der Waals surface area (Å²) in [5.41, 5.74) is 16.2. The molecule has 5 rings (SSSR count). The van der Waals surface area contributed by atoms with Gasteiger partial charge < -0.3 is 21.7 Å². The summed E-state index contributed by atoms with van der Waals surface area (Å²) in [5, 5.41) is 22.6. The van der Waals surface area contributed by atoms with Gasteiger partial charge in [0.25, 0.3) is 0 Å². The van der Waals surface area contributed by atoms with Gasteiger partial charge in [-0.3, -0.25) is 0 Å². The first-order valence-electron chi connectivity index (χ1n) is 10.6. The smallest absolute Gasteiger partial charge is 0.337 e. The third-order valence-corrected chi connectivity index (χ3v) is 6.07. The number of nitrogens with two attached hydrogens (primary N) is 2. The predicted molar refractivity (Wildman–Crippen MR) is 135 cm³/mol. The van der Waals surface area contributed by atoms with Crippen molar-refractivity contribution in [3.8, 4) is 22.3 Å². The minimum Gasteiger partial charge on any atom is -0.478 e. The van der Waals surface area contributed by atoms with Gasteiger partial charge in [0, 0.05) is 11.4 Å². The van der Waals surface area contributed by atoms with E-state index in [0.29, 0.717) is 0 Å². The summed E-state index contributed by atoms with van der Waals surface area (Å²) < 4.78 is 0. The highest BCUT2D eigenvalue weighted by Gasteiger charge is 2.19. The molecule has 0 atom stereocenters. The summed E-state index contributed by atoms with van der Waals surface area (Å²) in [5.74, 6) is -2.15. The Kier molecular flexibility index (Phi) is 4.91. The van der Waals surface area contributed by atoms with Crippen LogP contribution in [0.4, 0.5) is 11.4 Å². The van der Waals surface area contributed by atoms with Crippen LogP contribution in [0.25, 0.3) is 43.8 Å². The lowest BCUT2D eigenvalue weighted by molar-refractivity contribution is 0.0687. The number of carbonyl (C=O) groups is 2. The maximum absolute atomic E-state index is 11.5. The van der Waals surface area contributed by atoms with Crippen molar-refractivity contribution in [1.82, 2.24) is 0 Å². The Morgan fingerprint density at radius 2 is 0.853 bits per heavy atom. The predicted octanol–water partition coefficient (Wildman–Crippen LogP) is 5.89. The van der Waals surface area contributed by atoms with Gasteiger partial charge in [0.15, 0.2) is 0 Å². The molecule has 6 N–H and O–H groups in total. The van der Waals surface area contributed by atoms with Crippen LogP contribution in [0.5, 0.6) is 0 Å². The van der Waals surface area contributed by atoms with Crippen LogP contribution >= 0.6 is 0 Å². The fourth-order valence-electron chi connectivity index (χ4n) is 4.58. The average Bonchev–Trinajstić information content (AvgIpc) is 2.81. The van der Waals surface area contributed by atoms with Gasteiger partial charge in [-0.15, -0.1) is 0 Å². The SMILES string of the molecule is Nc1cc(-c2c3ccccc3c(-c3ccc(C(=O)O)c(N)c3)c3ccccc23)ccc1C(=O)O. The molecule has 0 amide bonds. The minimum absolute atomic E-state index is 0.0583. The number of hydrogen-bond donors (Lipinski definition) is 4. The van der Waals surface area contributed by atoms with E-state index in [-0.39, 0.29) is 22.5 Å². The van der Waals surface area contributed by atoms with E-state index in [1.807, 2.05) is 48.5 Å². The molecule has 0 aliphatic heterocycles. The molecule has 5 aromatic rings. The minimum atomic E-state index is -1.07. The molecule has 0 aliphatic carbocycles. The van der Waals surface area contributed by atoms with Crippen LogP contribution in [0.2, 0.25) is 0 Å². The van der Waals surface area contributed by atoms with E-state index in [4.69, 9.17) is 11.5 Å². The molecule has 0 unspecified atom stereocenters. The van der Waals surface area contributed by atoms with E-state index >= 15 is 0 Å². The molecular weight excluding hydrogens is 428 g/mol. The van der Waals surface area contributed by atoms with Crippen LogP contribution < -0.4 is 11.5 Å². The molecule has 6 heteroatoms. The van der Waals surface area contributed by atoms with Crippen LogP contribution in [0, 0.1) is 0 Å². The molecule has 0 fully saturated rings. The first-order valence-corrected chi connectivity index (χ1v) is 10.6. The highest BCUT2D eigenvalue weighted by atomic mass is 16.4. The molecule has 0 radical (unpaired) electrons. The van der Waals surface area contributed by atoms with Gasteiger partial charge in [0.1, 0.15) is 0 Å². The molecule has 0 bridgehead atoms. The number of carboxylic acid groups (broad SMARTS) is 2. The number of nitrogen functional groups attached to an aromatic ring is 2. The summed E-state index contributed by atoms with van der Waals surface area (Å²) in [6, 6.07) is 25.8. The lowest BCUT2D eigenvalue weighted by Crippen LogP contribution is -2.03. The number of aromatic carboxylic acids is 2. The van der Waals surface area contributed by atoms with Gasteiger partial charge in [-0.05, 0) is 68.1 Å². The van der Waals surface area contributed by atoms with Crippen molar-refractivity contribution < 1.29 is 19.8 Å². The number of anilines is 2. The van der Waals surface area contributed by atoms with E-state index in [1.54, 1.807) is 24.3 Å². The van der Waals surface area contributed by atoms with Gasteiger partial charge in [-0.2, -0.15) is 0 Å². The van der Waals surface area contributed by atoms with E-state index in [1.165, 1.54) is 12.1 Å². The Morgan fingerprint density at radius 1 is 0.529 bits per heavy atom. The summed E-state index contributed by atoms with van der Waals surface area (Å²) in [7, 11) is 0. The third kappa shape index (κ3) is 3.29. The summed E-state index contributed by atoms with van der Waals surface area (Å²) in [6.07, 6.45) is 0. The Morgan fingerprint density at radius 3 is 1.12 bits per heavy atom. The van der Waals surface area contributed by atoms with Crippen molar-refractivity contribution in [3.63, 3.8) is 0 Å². The van der Waals surface area contributed by atoms with Crippen molar-refractivity contribution >= 4 is 44.9 Å². The van der Waals surface area contributed by atoms with E-state index in [9.17, 15) is 19.8 Å². The van der Waals surface area contributed by atoms with Crippen LogP contribution in [-0.4, -0.2) is 22.2 Å². The largest absolute Gasteiger partial charge is 0.478 e. The molecule has 6 nitrogen and oxygen atoms in total. The molecular formula is C28H20N2O4. The lowest BCUT2D eigenvalue weighted by atomic mass is 9.85. The normalized spacial score (nSPS) is 11.1. The fourth-order valence-corrected chi connectivity index (χ4v) is 4.58. The molecule has 5 aromatic carbocycles. The molecule has 166 valence electrons. The highest BCUT2D eigenvalue weighted by molar-refractivity contribution is 6.21. The first kappa shape index (κ1) is 21.0. The van der Waals surface area contributed by atoms with E-state index in [0.717, 1.165) is 43.8 Å². The number of carboxylic acids is 2. The Bertz CT molecular complexity index is 1460. The second-order valence-electron chi connectivity index (χ2n) is 8.06. The van der Waals surface area contributed by atoms with Gasteiger partial charge in [0.2, 0.25) is 0 Å². The van der Waals surface area contributed by atoms with Gasteiger partial charge in [-0.25, -0.2) is 9.59 Å². The fraction of sp³-hybridized carbons (Fsp3) is 0. The summed E-state index contributed by atoms with van der Waals surface area (Å²) in [6.45, 7) is 0. The average molecular weight is 448 g/mol. The Balaban J connectivity index is 1.88. The van der Waals surface area contributed by atoms with Gasteiger partial charge in [0.05, 0.1) is 11.1 Å². The zero-order valence-corrected chi connectivity index (χ0v) is 17.9. The second kappa shape index (κ2) is 7.94. The molecule has 34 heavy (non-hydrogen) atoms. The second-order valence-corrected chi connectivity index (χ2v) is 8.06. The topological polar surface area (TPSA) is 127 Å². The van der Waals surface area contributed by atoms with Crippen LogP contribution in [0.1, 0.15) is 20.7 Å². The maximum atomic E-state index is 11.5. The quantitative estimate of drug-likeness (QED) is 0.201. The monoisotopic (exact) mass is 448 g/mol. The molecule has 0 aromatic heterocycles. The van der Waals surface area contributed by atoms with Crippen molar-refractivity contribution in [2.75, 3.05) is 11.5 Å². The lowest BCUT2D eigenvalue weighted by Gasteiger charge is -2.18. The van der Waals surface area contributed by atoms with E-state index in [2.05, 4.69) is 0 Å². The Labute approximate surface area is 194 Å². The molecule has 0 heterocycles. The number of hydrogen-bond acceptors (Lipinski definition) is 4. The van der Waals surface area contributed by atoms with Crippen LogP contribution in [0.15, 0.2) is 84.9 Å². The van der Waals surface area contributed by atoms with Crippen molar-refractivity contribution in [2.24, 2.45) is 0 Å². The zero-order chi connectivity index (χ0) is 24.0. The van der Waals surface area contributed by atoms with E-state index < -0.39 is 11.9 Å². The first-order chi connectivity index (χ1) is 16.4. The standard InChI is InChI=1S/C28H20N2O4/c29-23-13-15(9-11-21(23)27(31)32)25-17-5-1-2-6-18(17)26(20-8-4-3-7-19(20)25)16-10-12-22(28(33)34)24(30)14-16/h1-14H,29-30H2,(H,31,32)(H,33,34). The number of fused-ring (bicyclic) bond motifs is 2. The van der Waals surface area contributed by atoms with Crippen molar-refractivity contribution in [1.29, 1.82) is 0 Å². The highest BCUT2D eigenvalue weighted by Crippen LogP contribution is 2.44. The number of rotatable bonds is 4. The molecule has 0 spiro atoms.